The summed E-state index contributed by atoms with van der Waals surface area (Å²) in [4.78, 5) is -0.371. The normalized spacial score (nSPS) is 11.3. The molecule has 0 amide bonds. The molecule has 6 heteroatoms. The lowest BCUT2D eigenvalue weighted by Gasteiger charge is -2.09. The summed E-state index contributed by atoms with van der Waals surface area (Å²) in [5.41, 5.74) is 7.02. The predicted molar refractivity (Wildman–Crippen MR) is 72.8 cm³/mol. The molecule has 100 valence electrons. The van der Waals surface area contributed by atoms with Crippen LogP contribution in [0.3, 0.4) is 0 Å². The van der Waals surface area contributed by atoms with Gasteiger partial charge in [0.15, 0.2) is 0 Å². The zero-order valence-corrected chi connectivity index (χ0v) is 11.0. The topological polar surface area (TPSA) is 72.2 Å². The highest BCUT2D eigenvalue weighted by Crippen LogP contribution is 2.20. The van der Waals surface area contributed by atoms with Crippen molar-refractivity contribution in [1.29, 1.82) is 0 Å². The monoisotopic (exact) mass is 280 g/mol. The summed E-state index contributed by atoms with van der Waals surface area (Å²) in [6.45, 7) is 1.70. The number of benzene rings is 2. The number of nitrogens with one attached hydrogen (secondary N) is 1. The van der Waals surface area contributed by atoms with Crippen molar-refractivity contribution in [2.45, 2.75) is 11.8 Å². The molecule has 0 saturated carbocycles. The molecule has 2 aromatic carbocycles. The van der Waals surface area contributed by atoms with Gasteiger partial charge in [-0.2, -0.15) is 0 Å². The smallest absolute Gasteiger partial charge is 0.264 e. The number of sulfonamides is 1. The van der Waals surface area contributed by atoms with Crippen molar-refractivity contribution >= 4 is 21.4 Å². The standard InChI is InChI=1S/C13H13FN2O2S/c1-9-2-7-12(14)13(8-9)19(17,18)16-11-5-3-10(15)4-6-11/h2-8,16H,15H2,1H3. The molecule has 2 aromatic rings. The highest BCUT2D eigenvalue weighted by atomic mass is 32.2. The Morgan fingerprint density at radius 2 is 1.74 bits per heavy atom. The molecule has 0 fully saturated rings. The van der Waals surface area contributed by atoms with Crippen LogP contribution < -0.4 is 10.5 Å². The van der Waals surface area contributed by atoms with Gasteiger partial charge in [0.05, 0.1) is 0 Å². The Morgan fingerprint density at radius 1 is 1.11 bits per heavy atom. The third-order valence-corrected chi connectivity index (χ3v) is 3.94. The quantitative estimate of drug-likeness (QED) is 0.848. The molecule has 0 heterocycles. The third kappa shape index (κ3) is 3.03. The number of hydrogen-bond donors (Lipinski definition) is 2. The summed E-state index contributed by atoms with van der Waals surface area (Å²) in [7, 11) is -3.95. The first-order valence-corrected chi connectivity index (χ1v) is 7.01. The second-order valence-corrected chi connectivity index (χ2v) is 5.81. The molecule has 0 aliphatic carbocycles. The average Bonchev–Trinajstić information content (AvgIpc) is 2.35. The van der Waals surface area contributed by atoms with E-state index in [9.17, 15) is 12.8 Å². The van der Waals surface area contributed by atoms with Gasteiger partial charge in [0.2, 0.25) is 0 Å². The second kappa shape index (κ2) is 4.89. The van der Waals surface area contributed by atoms with Crippen LogP contribution >= 0.6 is 0 Å². The molecule has 0 radical (unpaired) electrons. The fourth-order valence-electron chi connectivity index (χ4n) is 1.58. The Labute approximate surface area is 111 Å². The summed E-state index contributed by atoms with van der Waals surface area (Å²) in [5, 5.41) is 0. The van der Waals surface area contributed by atoms with Gasteiger partial charge in [0, 0.05) is 11.4 Å². The first-order chi connectivity index (χ1) is 8.88. The van der Waals surface area contributed by atoms with Crippen molar-refractivity contribution < 1.29 is 12.8 Å². The van der Waals surface area contributed by atoms with E-state index in [4.69, 9.17) is 5.73 Å². The number of nitrogen functional groups attached to an aromatic ring is 1. The fourth-order valence-corrected chi connectivity index (χ4v) is 2.80. The van der Waals surface area contributed by atoms with Crippen LogP contribution in [0.25, 0.3) is 0 Å². The Balaban J connectivity index is 2.37. The minimum Gasteiger partial charge on any atom is -0.399 e. The van der Waals surface area contributed by atoms with Gasteiger partial charge >= 0.3 is 0 Å². The van der Waals surface area contributed by atoms with Crippen LogP contribution in [-0.2, 0) is 10.0 Å². The minimum atomic E-state index is -3.95. The van der Waals surface area contributed by atoms with Crippen LogP contribution in [0.1, 0.15) is 5.56 Å². The zero-order valence-electron chi connectivity index (χ0n) is 10.2. The number of hydrogen-bond acceptors (Lipinski definition) is 3. The van der Waals surface area contributed by atoms with Gasteiger partial charge in [-0.1, -0.05) is 6.07 Å². The molecule has 0 unspecified atom stereocenters. The molecular weight excluding hydrogens is 267 g/mol. The molecule has 0 atom stereocenters. The van der Waals surface area contributed by atoms with Crippen LogP contribution in [0.4, 0.5) is 15.8 Å². The maximum Gasteiger partial charge on any atom is 0.264 e. The van der Waals surface area contributed by atoms with E-state index in [1.54, 1.807) is 19.1 Å². The third-order valence-electron chi connectivity index (χ3n) is 2.54. The highest BCUT2D eigenvalue weighted by molar-refractivity contribution is 7.92. The molecule has 19 heavy (non-hydrogen) atoms. The summed E-state index contributed by atoms with van der Waals surface area (Å²) in [5.74, 6) is -0.784. The molecule has 2 rings (SSSR count). The number of halogens is 1. The molecule has 0 aromatic heterocycles. The van der Waals surface area contributed by atoms with Gasteiger partial charge in [0.1, 0.15) is 10.7 Å². The van der Waals surface area contributed by atoms with Crippen molar-refractivity contribution in [2.75, 3.05) is 10.5 Å². The minimum absolute atomic E-state index is 0.329. The molecular formula is C13H13FN2O2S. The van der Waals surface area contributed by atoms with Crippen LogP contribution in [-0.4, -0.2) is 8.42 Å². The van der Waals surface area contributed by atoms with Crippen molar-refractivity contribution in [3.8, 4) is 0 Å². The average molecular weight is 280 g/mol. The van der Waals surface area contributed by atoms with E-state index >= 15 is 0 Å². The van der Waals surface area contributed by atoms with Crippen LogP contribution in [0.5, 0.6) is 0 Å². The van der Waals surface area contributed by atoms with E-state index < -0.39 is 15.8 Å². The van der Waals surface area contributed by atoms with E-state index in [-0.39, 0.29) is 4.90 Å². The van der Waals surface area contributed by atoms with E-state index in [2.05, 4.69) is 4.72 Å². The Bertz CT molecular complexity index is 697. The largest absolute Gasteiger partial charge is 0.399 e. The van der Waals surface area contributed by atoms with Gasteiger partial charge in [0.25, 0.3) is 10.0 Å². The SMILES string of the molecule is Cc1ccc(F)c(S(=O)(=O)Nc2ccc(N)cc2)c1. The lowest BCUT2D eigenvalue weighted by molar-refractivity contribution is 0.570. The Kier molecular flexibility index (Phi) is 3.44. The highest BCUT2D eigenvalue weighted by Gasteiger charge is 2.19. The lowest BCUT2D eigenvalue weighted by atomic mass is 10.2. The zero-order chi connectivity index (χ0) is 14.0. The number of rotatable bonds is 3. The molecule has 0 aliphatic heterocycles. The first kappa shape index (κ1) is 13.4. The van der Waals surface area contributed by atoms with Crippen molar-refractivity contribution in [2.24, 2.45) is 0 Å². The van der Waals surface area contributed by atoms with E-state index in [0.717, 1.165) is 6.07 Å². The van der Waals surface area contributed by atoms with Gasteiger partial charge in [-0.05, 0) is 48.9 Å². The molecule has 4 nitrogen and oxygen atoms in total. The molecule has 0 aliphatic rings. The lowest BCUT2D eigenvalue weighted by Crippen LogP contribution is -2.14. The molecule has 0 saturated heterocycles. The Hall–Kier alpha value is -2.08. The molecule has 0 spiro atoms. The fraction of sp³-hybridized carbons (Fsp3) is 0.0769. The number of aryl methyl sites for hydroxylation is 1. The van der Waals surface area contributed by atoms with Crippen molar-refractivity contribution in [3.63, 3.8) is 0 Å². The summed E-state index contributed by atoms with van der Waals surface area (Å²) in [6.07, 6.45) is 0. The summed E-state index contributed by atoms with van der Waals surface area (Å²) >= 11 is 0. The van der Waals surface area contributed by atoms with Gasteiger partial charge in [-0.3, -0.25) is 4.72 Å². The van der Waals surface area contributed by atoms with Crippen molar-refractivity contribution in [1.82, 2.24) is 0 Å². The predicted octanol–water partition coefficient (Wildman–Crippen LogP) is 2.52. The van der Waals surface area contributed by atoms with Crippen LogP contribution in [0.15, 0.2) is 47.4 Å². The number of nitrogens with two attached hydrogens (primary N) is 1. The van der Waals surface area contributed by atoms with Crippen molar-refractivity contribution in [3.05, 3.63) is 53.8 Å². The maximum atomic E-state index is 13.6. The van der Waals surface area contributed by atoms with Gasteiger partial charge < -0.3 is 5.73 Å². The summed E-state index contributed by atoms with van der Waals surface area (Å²) in [6, 6.07) is 10.1. The van der Waals surface area contributed by atoms with Crippen LogP contribution in [0, 0.1) is 12.7 Å². The van der Waals surface area contributed by atoms with E-state index in [0.29, 0.717) is 16.9 Å². The van der Waals surface area contributed by atoms with Crippen LogP contribution in [0.2, 0.25) is 0 Å². The molecule has 0 bridgehead atoms. The summed E-state index contributed by atoms with van der Waals surface area (Å²) < 4.78 is 40.1. The molecule has 3 N–H and O–H groups in total. The second-order valence-electron chi connectivity index (χ2n) is 4.16. The van der Waals surface area contributed by atoms with E-state index in [1.807, 2.05) is 0 Å². The van der Waals surface area contributed by atoms with Gasteiger partial charge in [-0.15, -0.1) is 0 Å². The Morgan fingerprint density at radius 3 is 2.37 bits per heavy atom. The van der Waals surface area contributed by atoms with E-state index in [1.165, 1.54) is 24.3 Å². The first-order valence-electron chi connectivity index (χ1n) is 5.53. The maximum absolute atomic E-state index is 13.6. The van der Waals surface area contributed by atoms with Gasteiger partial charge in [-0.25, -0.2) is 12.8 Å². The number of anilines is 2.